The van der Waals surface area contributed by atoms with E-state index in [2.05, 4.69) is 13.8 Å². The van der Waals surface area contributed by atoms with Gasteiger partial charge in [0, 0.05) is 13.0 Å². The van der Waals surface area contributed by atoms with E-state index in [4.69, 9.17) is 18.9 Å². The van der Waals surface area contributed by atoms with Gasteiger partial charge in [-0.1, -0.05) is 162 Å². The van der Waals surface area contributed by atoms with Crippen LogP contribution in [-0.2, 0) is 23.7 Å². The molecule has 0 radical (unpaired) electrons. The number of esters is 1. The van der Waals surface area contributed by atoms with Crippen LogP contribution in [0.1, 0.15) is 181 Å². The number of ether oxygens (including phenoxy) is 4. The molecule has 9 nitrogen and oxygen atoms in total. The van der Waals surface area contributed by atoms with E-state index < -0.39 is 43.4 Å². The minimum atomic E-state index is -1.53. The lowest BCUT2D eigenvalue weighted by molar-refractivity contribution is -0.305. The van der Waals surface area contributed by atoms with Gasteiger partial charge in [0.1, 0.15) is 30.5 Å². The van der Waals surface area contributed by atoms with Crippen LogP contribution in [0.5, 0.6) is 0 Å². The van der Waals surface area contributed by atoms with Crippen molar-refractivity contribution < 1.29 is 44.2 Å². The molecule has 0 spiro atoms. The fourth-order valence-corrected chi connectivity index (χ4v) is 6.32. The van der Waals surface area contributed by atoms with Crippen molar-refractivity contribution in [2.24, 2.45) is 0 Å². The van der Waals surface area contributed by atoms with Crippen LogP contribution < -0.4 is 0 Å². The van der Waals surface area contributed by atoms with Crippen molar-refractivity contribution in [2.75, 3.05) is 26.4 Å². The Balaban J connectivity index is 2.14. The monoisotopic (exact) mass is 689 g/mol. The second-order valence-electron chi connectivity index (χ2n) is 14.1. The summed E-state index contributed by atoms with van der Waals surface area (Å²) in [6.07, 6.45) is 24.6. The third kappa shape index (κ3) is 23.6. The van der Waals surface area contributed by atoms with Gasteiger partial charge < -0.3 is 39.4 Å². The van der Waals surface area contributed by atoms with Crippen molar-refractivity contribution in [1.82, 2.24) is 0 Å². The Labute approximate surface area is 293 Å². The summed E-state index contributed by atoms with van der Waals surface area (Å²) in [5.41, 5.74) is 0. The van der Waals surface area contributed by atoms with Gasteiger partial charge in [-0.3, -0.25) is 4.79 Å². The van der Waals surface area contributed by atoms with Crippen LogP contribution in [0.4, 0.5) is 0 Å². The summed E-state index contributed by atoms with van der Waals surface area (Å²) in [4.78, 5) is 12.5. The van der Waals surface area contributed by atoms with Crippen molar-refractivity contribution in [3.63, 3.8) is 0 Å². The normalized spacial score (nSPS) is 21.8. The van der Waals surface area contributed by atoms with E-state index in [9.17, 15) is 25.2 Å². The number of hydrogen-bond acceptors (Lipinski definition) is 9. The molecule has 48 heavy (non-hydrogen) atoms. The standard InChI is InChI=1S/C39H76O9/c1-3-5-7-9-10-11-12-13-14-15-16-17-18-19-20-21-22-23-25-27-29-45-31-33(47-35(41)28-26-24-8-6-4-2)32-46-39-38(44)37(43)36(42)34(30-40)48-39/h33-34,36-40,42-44H,3-32H2,1-2H3. The summed E-state index contributed by atoms with van der Waals surface area (Å²) in [7, 11) is 0. The molecule has 1 aliphatic rings. The highest BCUT2D eigenvalue weighted by Crippen LogP contribution is 2.22. The number of aliphatic hydroxyl groups is 4. The van der Waals surface area contributed by atoms with Crippen LogP contribution in [0.15, 0.2) is 0 Å². The van der Waals surface area contributed by atoms with E-state index in [1.807, 2.05) is 0 Å². The Morgan fingerprint density at radius 2 is 1.02 bits per heavy atom. The van der Waals surface area contributed by atoms with Gasteiger partial charge in [-0.25, -0.2) is 0 Å². The van der Waals surface area contributed by atoms with Crippen LogP contribution in [0.3, 0.4) is 0 Å². The van der Waals surface area contributed by atoms with Gasteiger partial charge in [0.15, 0.2) is 6.29 Å². The largest absolute Gasteiger partial charge is 0.457 e. The SMILES string of the molecule is CCCCCCCCCCCCCCCCCCCCCCOCC(COC1OC(CO)C(O)C(O)C1O)OC(=O)CCCCCCC. The quantitative estimate of drug-likeness (QED) is 0.0393. The highest BCUT2D eigenvalue weighted by atomic mass is 16.7. The smallest absolute Gasteiger partial charge is 0.306 e. The molecule has 1 fully saturated rings. The fourth-order valence-electron chi connectivity index (χ4n) is 6.32. The molecule has 0 aromatic carbocycles. The first kappa shape index (κ1) is 45.2. The maximum atomic E-state index is 12.5. The van der Waals surface area contributed by atoms with Gasteiger partial charge in [0.25, 0.3) is 0 Å². The predicted molar refractivity (Wildman–Crippen MR) is 192 cm³/mol. The number of rotatable bonds is 34. The Hall–Kier alpha value is -0.810. The van der Waals surface area contributed by atoms with Crippen molar-refractivity contribution >= 4 is 5.97 Å². The van der Waals surface area contributed by atoms with Crippen LogP contribution in [0.2, 0.25) is 0 Å². The molecule has 0 bridgehead atoms. The molecular weight excluding hydrogens is 612 g/mol. The Kier molecular flexibility index (Phi) is 30.3. The molecule has 0 saturated carbocycles. The molecule has 6 unspecified atom stereocenters. The van der Waals surface area contributed by atoms with Gasteiger partial charge in [-0.15, -0.1) is 0 Å². The minimum Gasteiger partial charge on any atom is -0.457 e. The molecule has 4 N–H and O–H groups in total. The first-order chi connectivity index (χ1) is 23.4. The summed E-state index contributed by atoms with van der Waals surface area (Å²) in [6, 6.07) is 0. The third-order valence-corrected chi connectivity index (χ3v) is 9.52. The molecular formula is C39H76O9. The average molecular weight is 689 g/mol. The maximum absolute atomic E-state index is 12.5. The Morgan fingerprint density at radius 1 is 0.583 bits per heavy atom. The van der Waals surface area contributed by atoms with Crippen molar-refractivity contribution in [3.8, 4) is 0 Å². The van der Waals surface area contributed by atoms with Crippen LogP contribution in [-0.4, -0.2) is 89.6 Å². The van der Waals surface area contributed by atoms with Gasteiger partial charge in [0.05, 0.1) is 19.8 Å². The van der Waals surface area contributed by atoms with Crippen molar-refractivity contribution in [2.45, 2.75) is 218 Å². The number of aliphatic hydroxyl groups excluding tert-OH is 4. The molecule has 1 aliphatic heterocycles. The van der Waals surface area contributed by atoms with Gasteiger partial charge >= 0.3 is 5.97 Å². The summed E-state index contributed by atoms with van der Waals surface area (Å²) < 4.78 is 22.6. The van der Waals surface area contributed by atoms with E-state index in [1.165, 1.54) is 116 Å². The first-order valence-electron chi connectivity index (χ1n) is 20.1. The second kappa shape index (κ2) is 32.1. The number of carbonyl (C=O) groups is 1. The second-order valence-corrected chi connectivity index (χ2v) is 14.1. The fraction of sp³-hybridized carbons (Fsp3) is 0.974. The topological polar surface area (TPSA) is 135 Å². The molecule has 9 heteroatoms. The number of unbranched alkanes of at least 4 members (excludes halogenated alkanes) is 23. The lowest BCUT2D eigenvalue weighted by Gasteiger charge is -2.39. The maximum Gasteiger partial charge on any atom is 0.306 e. The van der Waals surface area contributed by atoms with E-state index >= 15 is 0 Å². The molecule has 0 amide bonds. The molecule has 1 rings (SSSR count). The lowest BCUT2D eigenvalue weighted by Crippen LogP contribution is -2.59. The molecule has 6 atom stereocenters. The van der Waals surface area contributed by atoms with Gasteiger partial charge in [-0.05, 0) is 12.8 Å². The van der Waals surface area contributed by atoms with Gasteiger partial charge in [-0.2, -0.15) is 0 Å². The summed E-state index contributed by atoms with van der Waals surface area (Å²) in [5, 5.41) is 39.8. The van der Waals surface area contributed by atoms with E-state index in [-0.39, 0.29) is 19.2 Å². The third-order valence-electron chi connectivity index (χ3n) is 9.52. The molecule has 0 aromatic heterocycles. The summed E-state index contributed by atoms with van der Waals surface area (Å²) >= 11 is 0. The molecule has 0 aliphatic carbocycles. The van der Waals surface area contributed by atoms with Crippen molar-refractivity contribution in [3.05, 3.63) is 0 Å². The van der Waals surface area contributed by atoms with Crippen LogP contribution >= 0.6 is 0 Å². The summed E-state index contributed by atoms with van der Waals surface area (Å²) in [6.45, 7) is 4.49. The van der Waals surface area contributed by atoms with E-state index in [0.717, 1.165) is 44.9 Å². The Morgan fingerprint density at radius 3 is 1.48 bits per heavy atom. The zero-order valence-corrected chi connectivity index (χ0v) is 31.0. The minimum absolute atomic E-state index is 0.108. The highest BCUT2D eigenvalue weighted by Gasteiger charge is 2.44. The average Bonchev–Trinajstić information content (AvgIpc) is 3.08. The van der Waals surface area contributed by atoms with E-state index in [0.29, 0.717) is 13.0 Å². The van der Waals surface area contributed by atoms with Crippen LogP contribution in [0, 0.1) is 0 Å². The summed E-state index contributed by atoms with van der Waals surface area (Å²) in [5.74, 6) is -0.323. The van der Waals surface area contributed by atoms with Crippen LogP contribution in [0.25, 0.3) is 0 Å². The zero-order valence-electron chi connectivity index (χ0n) is 31.0. The molecule has 286 valence electrons. The van der Waals surface area contributed by atoms with Crippen molar-refractivity contribution in [1.29, 1.82) is 0 Å². The first-order valence-corrected chi connectivity index (χ1v) is 20.1. The predicted octanol–water partition coefficient (Wildman–Crippen LogP) is 7.91. The molecule has 0 aromatic rings. The van der Waals surface area contributed by atoms with E-state index in [1.54, 1.807) is 0 Å². The number of carbonyl (C=O) groups excluding carboxylic acids is 1. The molecule has 1 saturated heterocycles. The lowest BCUT2D eigenvalue weighted by atomic mass is 9.99. The Bertz CT molecular complexity index is 707. The number of hydrogen-bond donors (Lipinski definition) is 4. The zero-order chi connectivity index (χ0) is 35.1. The van der Waals surface area contributed by atoms with Gasteiger partial charge in [0.2, 0.25) is 0 Å². The molecule has 1 heterocycles. The highest BCUT2D eigenvalue weighted by molar-refractivity contribution is 5.69.